The minimum absolute atomic E-state index is 0.309. The molecule has 2 aromatic rings. The monoisotopic (exact) mass is 301 g/mol. The van der Waals surface area contributed by atoms with Gasteiger partial charge in [-0.25, -0.2) is 0 Å². The SMILES string of the molecule is COc1ccc(OC)c(NC2CCSc3ccccc32)c1. The fraction of sp³-hybridized carbons (Fsp3) is 0.294. The molecule has 1 aliphatic heterocycles. The third-order valence-corrected chi connectivity index (χ3v) is 4.82. The van der Waals surface area contributed by atoms with Crippen molar-refractivity contribution in [2.45, 2.75) is 17.4 Å². The zero-order valence-electron chi connectivity index (χ0n) is 12.3. The minimum atomic E-state index is 0.309. The first-order valence-electron chi connectivity index (χ1n) is 7.02. The van der Waals surface area contributed by atoms with Gasteiger partial charge in [-0.05, 0) is 30.2 Å². The van der Waals surface area contributed by atoms with Crippen LogP contribution in [0.25, 0.3) is 0 Å². The van der Waals surface area contributed by atoms with Crippen LogP contribution in [0.4, 0.5) is 5.69 Å². The molecule has 0 bridgehead atoms. The molecule has 0 fully saturated rings. The van der Waals surface area contributed by atoms with Crippen LogP contribution in [0.15, 0.2) is 47.4 Å². The first-order valence-corrected chi connectivity index (χ1v) is 8.00. The predicted octanol–water partition coefficient (Wildman–Crippen LogP) is 4.35. The first-order chi connectivity index (χ1) is 10.3. The van der Waals surface area contributed by atoms with Crippen molar-refractivity contribution < 1.29 is 9.47 Å². The van der Waals surface area contributed by atoms with Gasteiger partial charge in [-0.15, -0.1) is 11.8 Å². The van der Waals surface area contributed by atoms with Gasteiger partial charge in [0.1, 0.15) is 11.5 Å². The van der Waals surface area contributed by atoms with E-state index in [4.69, 9.17) is 9.47 Å². The van der Waals surface area contributed by atoms with E-state index in [0.717, 1.165) is 29.4 Å². The minimum Gasteiger partial charge on any atom is -0.497 e. The Labute approximate surface area is 129 Å². The van der Waals surface area contributed by atoms with E-state index in [0.29, 0.717) is 6.04 Å². The van der Waals surface area contributed by atoms with Crippen LogP contribution < -0.4 is 14.8 Å². The number of fused-ring (bicyclic) bond motifs is 1. The molecule has 0 aliphatic carbocycles. The van der Waals surface area contributed by atoms with Gasteiger partial charge in [0.05, 0.1) is 25.9 Å². The van der Waals surface area contributed by atoms with Gasteiger partial charge in [0.15, 0.2) is 0 Å². The highest BCUT2D eigenvalue weighted by atomic mass is 32.2. The summed E-state index contributed by atoms with van der Waals surface area (Å²) in [6, 6.07) is 14.7. The normalized spacial score (nSPS) is 17.0. The molecule has 21 heavy (non-hydrogen) atoms. The van der Waals surface area contributed by atoms with E-state index in [9.17, 15) is 0 Å². The number of hydrogen-bond donors (Lipinski definition) is 1. The van der Waals surface area contributed by atoms with Crippen LogP contribution in [-0.2, 0) is 0 Å². The van der Waals surface area contributed by atoms with Gasteiger partial charge in [0.25, 0.3) is 0 Å². The Bertz CT molecular complexity index is 630. The van der Waals surface area contributed by atoms with Crippen molar-refractivity contribution >= 4 is 17.4 Å². The molecular weight excluding hydrogens is 282 g/mol. The number of anilines is 1. The summed E-state index contributed by atoms with van der Waals surface area (Å²) in [5.74, 6) is 2.80. The van der Waals surface area contributed by atoms with Crippen molar-refractivity contribution in [1.29, 1.82) is 0 Å². The molecule has 0 saturated heterocycles. The molecule has 0 spiro atoms. The average molecular weight is 301 g/mol. The van der Waals surface area contributed by atoms with Gasteiger partial charge in [0, 0.05) is 16.7 Å². The quantitative estimate of drug-likeness (QED) is 0.909. The zero-order valence-corrected chi connectivity index (χ0v) is 13.1. The molecule has 1 heterocycles. The molecule has 0 radical (unpaired) electrons. The second-order valence-corrected chi connectivity index (χ2v) is 6.07. The molecule has 0 aromatic heterocycles. The molecule has 0 amide bonds. The molecule has 3 nitrogen and oxygen atoms in total. The van der Waals surface area contributed by atoms with E-state index >= 15 is 0 Å². The lowest BCUT2D eigenvalue weighted by Crippen LogP contribution is -2.16. The molecule has 1 N–H and O–H groups in total. The third-order valence-electron chi connectivity index (χ3n) is 3.69. The van der Waals surface area contributed by atoms with E-state index in [1.807, 2.05) is 30.0 Å². The lowest BCUT2D eigenvalue weighted by atomic mass is 10.0. The van der Waals surface area contributed by atoms with E-state index in [2.05, 4.69) is 29.6 Å². The van der Waals surface area contributed by atoms with Crippen molar-refractivity contribution in [3.05, 3.63) is 48.0 Å². The zero-order chi connectivity index (χ0) is 14.7. The Kier molecular flexibility index (Phi) is 4.25. The first kappa shape index (κ1) is 14.1. The van der Waals surface area contributed by atoms with Gasteiger partial charge >= 0.3 is 0 Å². The van der Waals surface area contributed by atoms with E-state index < -0.39 is 0 Å². The Morgan fingerprint density at radius 3 is 2.76 bits per heavy atom. The fourth-order valence-corrected chi connectivity index (χ4v) is 3.73. The lowest BCUT2D eigenvalue weighted by Gasteiger charge is -2.27. The average Bonchev–Trinajstić information content (AvgIpc) is 2.55. The number of hydrogen-bond acceptors (Lipinski definition) is 4. The number of rotatable bonds is 4. The summed E-state index contributed by atoms with van der Waals surface area (Å²) in [6.07, 6.45) is 1.10. The van der Waals surface area contributed by atoms with Crippen LogP contribution in [0.2, 0.25) is 0 Å². The molecule has 1 unspecified atom stereocenters. The number of methoxy groups -OCH3 is 2. The standard InChI is InChI=1S/C17H19NO2S/c1-19-12-7-8-16(20-2)15(11-12)18-14-9-10-21-17-6-4-3-5-13(14)17/h3-8,11,14,18H,9-10H2,1-2H3. The third kappa shape index (κ3) is 2.95. The second-order valence-electron chi connectivity index (χ2n) is 4.94. The van der Waals surface area contributed by atoms with Gasteiger partial charge in [-0.3, -0.25) is 0 Å². The van der Waals surface area contributed by atoms with E-state index in [1.165, 1.54) is 10.5 Å². The maximum absolute atomic E-state index is 5.45. The summed E-state index contributed by atoms with van der Waals surface area (Å²) in [7, 11) is 3.37. The summed E-state index contributed by atoms with van der Waals surface area (Å²) < 4.78 is 10.8. The van der Waals surface area contributed by atoms with E-state index in [-0.39, 0.29) is 0 Å². The molecule has 110 valence electrons. The van der Waals surface area contributed by atoms with Crippen LogP contribution in [0.3, 0.4) is 0 Å². The largest absolute Gasteiger partial charge is 0.497 e. The van der Waals surface area contributed by atoms with Crippen LogP contribution in [0.1, 0.15) is 18.0 Å². The number of thioether (sulfide) groups is 1. The highest BCUT2D eigenvalue weighted by Gasteiger charge is 2.21. The Balaban J connectivity index is 1.90. The maximum atomic E-state index is 5.45. The number of ether oxygens (including phenoxy) is 2. The summed E-state index contributed by atoms with van der Waals surface area (Å²) in [5, 5.41) is 3.61. The highest BCUT2D eigenvalue weighted by Crippen LogP contribution is 2.40. The molecule has 0 saturated carbocycles. The Morgan fingerprint density at radius 1 is 1.10 bits per heavy atom. The van der Waals surface area contributed by atoms with Crippen molar-refractivity contribution in [3.63, 3.8) is 0 Å². The highest BCUT2D eigenvalue weighted by molar-refractivity contribution is 7.99. The van der Waals surface area contributed by atoms with Crippen molar-refractivity contribution in [1.82, 2.24) is 0 Å². The Hall–Kier alpha value is -1.81. The summed E-state index contributed by atoms with van der Waals surface area (Å²) in [6.45, 7) is 0. The summed E-state index contributed by atoms with van der Waals surface area (Å²) in [4.78, 5) is 1.36. The van der Waals surface area contributed by atoms with Crippen LogP contribution in [0.5, 0.6) is 11.5 Å². The molecular formula is C17H19NO2S. The second kappa shape index (κ2) is 6.31. The number of nitrogens with one attached hydrogen (secondary N) is 1. The molecule has 2 aromatic carbocycles. The maximum Gasteiger partial charge on any atom is 0.142 e. The summed E-state index contributed by atoms with van der Waals surface area (Å²) in [5.41, 5.74) is 2.34. The predicted molar refractivity (Wildman–Crippen MR) is 87.7 cm³/mol. The van der Waals surface area contributed by atoms with Crippen molar-refractivity contribution in [2.24, 2.45) is 0 Å². The van der Waals surface area contributed by atoms with Crippen molar-refractivity contribution in [3.8, 4) is 11.5 Å². The number of benzene rings is 2. The van der Waals surface area contributed by atoms with Gasteiger partial charge in [-0.2, -0.15) is 0 Å². The molecule has 4 heteroatoms. The van der Waals surface area contributed by atoms with Gasteiger partial charge in [0.2, 0.25) is 0 Å². The molecule has 1 atom stereocenters. The fourth-order valence-electron chi connectivity index (χ4n) is 2.61. The van der Waals surface area contributed by atoms with Crippen LogP contribution >= 0.6 is 11.8 Å². The molecule has 3 rings (SSSR count). The van der Waals surface area contributed by atoms with Crippen LogP contribution in [-0.4, -0.2) is 20.0 Å². The van der Waals surface area contributed by atoms with E-state index in [1.54, 1.807) is 14.2 Å². The molecule has 1 aliphatic rings. The topological polar surface area (TPSA) is 30.5 Å². The smallest absolute Gasteiger partial charge is 0.142 e. The van der Waals surface area contributed by atoms with Gasteiger partial charge in [-0.1, -0.05) is 18.2 Å². The lowest BCUT2D eigenvalue weighted by molar-refractivity contribution is 0.404. The van der Waals surface area contributed by atoms with Crippen molar-refractivity contribution in [2.75, 3.05) is 25.3 Å². The van der Waals surface area contributed by atoms with Crippen LogP contribution in [0, 0.1) is 0 Å². The summed E-state index contributed by atoms with van der Waals surface area (Å²) >= 11 is 1.92. The Morgan fingerprint density at radius 2 is 1.95 bits per heavy atom. The van der Waals surface area contributed by atoms with Gasteiger partial charge < -0.3 is 14.8 Å².